The first kappa shape index (κ1) is 17.9. The summed E-state index contributed by atoms with van der Waals surface area (Å²) in [6.07, 6.45) is 0.0340. The number of esters is 2. The standard InChI is InChI=1S/C17H22N2O5/c1-3-19-9-10-24-17(22)14(19)11-15(20)18-13-7-5-12(6-8-13)16(21)23-4-2/h5-8,14H,3-4,9-11H2,1-2H3,(H,18,20)/t14-/m1/s1. The van der Waals surface area contributed by atoms with Crippen molar-refractivity contribution in [3.8, 4) is 0 Å². The maximum atomic E-state index is 12.2. The quantitative estimate of drug-likeness (QED) is 0.793. The van der Waals surface area contributed by atoms with Crippen LogP contribution in [-0.2, 0) is 19.1 Å². The number of carbonyl (C=O) groups excluding carboxylic acids is 3. The van der Waals surface area contributed by atoms with E-state index < -0.39 is 12.0 Å². The third kappa shape index (κ3) is 4.55. The van der Waals surface area contributed by atoms with Crippen LogP contribution in [-0.4, -0.2) is 55.1 Å². The van der Waals surface area contributed by atoms with E-state index in [0.717, 1.165) is 0 Å². The van der Waals surface area contributed by atoms with Crippen LogP contribution in [0.15, 0.2) is 24.3 Å². The molecule has 7 nitrogen and oxygen atoms in total. The lowest BCUT2D eigenvalue weighted by Gasteiger charge is -2.32. The number of benzene rings is 1. The molecular weight excluding hydrogens is 312 g/mol. The Morgan fingerprint density at radius 3 is 2.62 bits per heavy atom. The molecule has 130 valence electrons. The summed E-state index contributed by atoms with van der Waals surface area (Å²) in [5, 5.41) is 2.73. The number of hydrogen-bond donors (Lipinski definition) is 1. The first-order valence-corrected chi connectivity index (χ1v) is 8.02. The van der Waals surface area contributed by atoms with Gasteiger partial charge in [0.1, 0.15) is 12.6 Å². The van der Waals surface area contributed by atoms with Gasteiger partial charge in [-0.05, 0) is 37.7 Å². The van der Waals surface area contributed by atoms with Crippen molar-refractivity contribution in [2.24, 2.45) is 0 Å². The zero-order valence-corrected chi connectivity index (χ0v) is 13.9. The topological polar surface area (TPSA) is 84.9 Å². The van der Waals surface area contributed by atoms with Crippen LogP contribution in [0.3, 0.4) is 0 Å². The number of ether oxygens (including phenoxy) is 2. The number of hydrogen-bond acceptors (Lipinski definition) is 6. The largest absolute Gasteiger partial charge is 0.463 e. The fourth-order valence-electron chi connectivity index (χ4n) is 2.55. The second kappa shape index (κ2) is 8.44. The fourth-order valence-corrected chi connectivity index (χ4v) is 2.55. The molecule has 1 amide bonds. The van der Waals surface area contributed by atoms with E-state index in [-0.39, 0.29) is 18.3 Å². The Kier molecular flexibility index (Phi) is 6.31. The maximum Gasteiger partial charge on any atom is 0.338 e. The lowest BCUT2D eigenvalue weighted by molar-refractivity contribution is -0.158. The van der Waals surface area contributed by atoms with Crippen molar-refractivity contribution >= 4 is 23.5 Å². The monoisotopic (exact) mass is 334 g/mol. The molecular formula is C17H22N2O5. The van der Waals surface area contributed by atoms with E-state index in [0.29, 0.717) is 37.6 Å². The maximum absolute atomic E-state index is 12.2. The molecule has 1 aliphatic rings. The summed E-state index contributed by atoms with van der Waals surface area (Å²) < 4.78 is 9.93. The van der Waals surface area contributed by atoms with E-state index in [2.05, 4.69) is 5.32 Å². The van der Waals surface area contributed by atoms with Crippen molar-refractivity contribution < 1.29 is 23.9 Å². The average Bonchev–Trinajstić information content (AvgIpc) is 2.57. The predicted molar refractivity (Wildman–Crippen MR) is 87.6 cm³/mol. The van der Waals surface area contributed by atoms with Gasteiger partial charge >= 0.3 is 11.9 Å². The summed E-state index contributed by atoms with van der Waals surface area (Å²) in [6, 6.07) is 5.87. The summed E-state index contributed by atoms with van der Waals surface area (Å²) in [5.74, 6) is -1.05. The van der Waals surface area contributed by atoms with Crippen molar-refractivity contribution in [1.82, 2.24) is 4.90 Å². The number of nitrogens with zero attached hydrogens (tertiary/aromatic N) is 1. The molecule has 1 N–H and O–H groups in total. The molecule has 1 fully saturated rings. The van der Waals surface area contributed by atoms with Gasteiger partial charge in [0, 0.05) is 12.2 Å². The van der Waals surface area contributed by atoms with Crippen molar-refractivity contribution in [3.05, 3.63) is 29.8 Å². The second-order valence-corrected chi connectivity index (χ2v) is 5.36. The minimum absolute atomic E-state index is 0.0340. The average molecular weight is 334 g/mol. The zero-order valence-electron chi connectivity index (χ0n) is 13.9. The second-order valence-electron chi connectivity index (χ2n) is 5.36. The fraction of sp³-hybridized carbons (Fsp3) is 0.471. The highest BCUT2D eigenvalue weighted by molar-refractivity contribution is 5.95. The van der Waals surface area contributed by atoms with Crippen LogP contribution >= 0.6 is 0 Å². The van der Waals surface area contributed by atoms with E-state index >= 15 is 0 Å². The van der Waals surface area contributed by atoms with Crippen molar-refractivity contribution in [2.75, 3.05) is 31.6 Å². The Morgan fingerprint density at radius 1 is 1.29 bits per heavy atom. The molecule has 1 saturated heterocycles. The minimum atomic E-state index is -0.553. The molecule has 0 radical (unpaired) electrons. The molecule has 0 saturated carbocycles. The molecule has 0 spiro atoms. The third-order valence-electron chi connectivity index (χ3n) is 3.80. The number of anilines is 1. The van der Waals surface area contributed by atoms with E-state index in [1.165, 1.54) is 0 Å². The summed E-state index contributed by atoms with van der Waals surface area (Å²) in [7, 11) is 0. The van der Waals surface area contributed by atoms with Crippen LogP contribution in [0.4, 0.5) is 5.69 Å². The minimum Gasteiger partial charge on any atom is -0.463 e. The number of cyclic esters (lactones) is 1. The van der Waals surface area contributed by atoms with E-state index in [4.69, 9.17) is 9.47 Å². The third-order valence-corrected chi connectivity index (χ3v) is 3.80. The van der Waals surface area contributed by atoms with Gasteiger partial charge in [0.15, 0.2) is 0 Å². The first-order valence-electron chi connectivity index (χ1n) is 8.02. The Hall–Kier alpha value is -2.41. The van der Waals surface area contributed by atoms with Crippen LogP contribution < -0.4 is 5.32 Å². The molecule has 1 aromatic rings. The Labute approximate surface area is 140 Å². The first-order chi connectivity index (χ1) is 11.5. The summed E-state index contributed by atoms with van der Waals surface area (Å²) in [4.78, 5) is 37.5. The van der Waals surface area contributed by atoms with E-state index in [1.807, 2.05) is 11.8 Å². The number of rotatable bonds is 6. The Bertz CT molecular complexity index is 600. The molecule has 1 atom stereocenters. The van der Waals surface area contributed by atoms with E-state index in [9.17, 15) is 14.4 Å². The predicted octanol–water partition coefficient (Wildman–Crippen LogP) is 1.44. The highest BCUT2D eigenvalue weighted by Crippen LogP contribution is 2.15. The van der Waals surface area contributed by atoms with Crippen molar-refractivity contribution in [1.29, 1.82) is 0 Å². The van der Waals surface area contributed by atoms with Gasteiger partial charge in [-0.2, -0.15) is 0 Å². The van der Waals surface area contributed by atoms with Crippen LogP contribution in [0.25, 0.3) is 0 Å². The van der Waals surface area contributed by atoms with Gasteiger partial charge < -0.3 is 14.8 Å². The van der Waals surface area contributed by atoms with Crippen LogP contribution in [0.2, 0.25) is 0 Å². The number of amides is 1. The number of likely N-dealkylation sites (N-methyl/N-ethyl adjacent to an activating group) is 1. The van der Waals surface area contributed by atoms with Gasteiger partial charge in [0.2, 0.25) is 5.91 Å². The summed E-state index contributed by atoms with van der Waals surface area (Å²) >= 11 is 0. The van der Waals surface area contributed by atoms with Crippen molar-refractivity contribution in [2.45, 2.75) is 26.3 Å². The summed E-state index contributed by atoms with van der Waals surface area (Å²) in [6.45, 7) is 5.67. The zero-order chi connectivity index (χ0) is 17.5. The normalized spacial score (nSPS) is 17.9. The number of nitrogens with one attached hydrogen (secondary N) is 1. The molecule has 2 rings (SSSR count). The van der Waals surface area contributed by atoms with Gasteiger partial charge in [-0.1, -0.05) is 6.92 Å². The van der Waals surface area contributed by atoms with Gasteiger partial charge in [-0.25, -0.2) is 4.79 Å². The highest BCUT2D eigenvalue weighted by Gasteiger charge is 2.32. The van der Waals surface area contributed by atoms with Gasteiger partial charge in [0.05, 0.1) is 18.6 Å². The van der Waals surface area contributed by atoms with Crippen LogP contribution in [0.5, 0.6) is 0 Å². The highest BCUT2D eigenvalue weighted by atomic mass is 16.5. The summed E-state index contributed by atoms with van der Waals surface area (Å²) in [5.41, 5.74) is 0.975. The molecule has 0 unspecified atom stereocenters. The number of morpholine rings is 1. The smallest absolute Gasteiger partial charge is 0.338 e. The molecule has 1 heterocycles. The van der Waals surface area contributed by atoms with Gasteiger partial charge in [-0.3, -0.25) is 14.5 Å². The molecule has 0 aromatic heterocycles. The molecule has 0 aliphatic carbocycles. The van der Waals surface area contributed by atoms with Gasteiger partial charge in [-0.15, -0.1) is 0 Å². The lowest BCUT2D eigenvalue weighted by atomic mass is 10.1. The molecule has 0 bridgehead atoms. The molecule has 24 heavy (non-hydrogen) atoms. The number of carbonyl (C=O) groups is 3. The lowest BCUT2D eigenvalue weighted by Crippen LogP contribution is -2.50. The van der Waals surface area contributed by atoms with E-state index in [1.54, 1.807) is 31.2 Å². The molecule has 1 aliphatic heterocycles. The van der Waals surface area contributed by atoms with Crippen LogP contribution in [0.1, 0.15) is 30.6 Å². The molecule has 1 aromatic carbocycles. The van der Waals surface area contributed by atoms with Crippen LogP contribution in [0, 0.1) is 0 Å². The Balaban J connectivity index is 1.94. The Morgan fingerprint density at radius 2 is 2.00 bits per heavy atom. The SMILES string of the molecule is CCOC(=O)c1ccc(NC(=O)C[C@@H]2C(=O)OCCN2CC)cc1. The van der Waals surface area contributed by atoms with Gasteiger partial charge in [0.25, 0.3) is 0 Å². The molecule has 7 heteroatoms. The van der Waals surface area contributed by atoms with Crippen molar-refractivity contribution in [3.63, 3.8) is 0 Å².